The standard InChI is InChI=1S/C14H13FN4S/c1-9(2)13-16-17-14-19(13)18-12(20-14)8-5-10-3-6-11(15)7-4-10/h3-9H,1-2H3/b8-5+. The Morgan fingerprint density at radius 3 is 2.60 bits per heavy atom. The molecule has 0 aliphatic heterocycles. The van der Waals surface area contributed by atoms with E-state index in [1.54, 1.807) is 16.6 Å². The molecule has 0 saturated heterocycles. The Morgan fingerprint density at radius 1 is 1.15 bits per heavy atom. The van der Waals surface area contributed by atoms with E-state index in [1.807, 2.05) is 12.2 Å². The summed E-state index contributed by atoms with van der Waals surface area (Å²) in [7, 11) is 0. The predicted molar refractivity (Wildman–Crippen MR) is 78.1 cm³/mol. The van der Waals surface area contributed by atoms with Crippen LogP contribution in [0, 0.1) is 5.82 Å². The van der Waals surface area contributed by atoms with Gasteiger partial charge in [-0.1, -0.05) is 43.4 Å². The van der Waals surface area contributed by atoms with Crippen LogP contribution >= 0.6 is 11.3 Å². The summed E-state index contributed by atoms with van der Waals surface area (Å²) in [4.78, 5) is 0.785. The van der Waals surface area contributed by atoms with Gasteiger partial charge >= 0.3 is 0 Å². The Labute approximate surface area is 119 Å². The summed E-state index contributed by atoms with van der Waals surface area (Å²) in [6, 6.07) is 6.33. The number of fused-ring (bicyclic) bond motifs is 1. The molecule has 3 aromatic rings. The van der Waals surface area contributed by atoms with Crippen LogP contribution in [0.2, 0.25) is 0 Å². The highest BCUT2D eigenvalue weighted by Gasteiger charge is 2.12. The van der Waals surface area contributed by atoms with E-state index in [4.69, 9.17) is 0 Å². The molecule has 6 heteroatoms. The van der Waals surface area contributed by atoms with Crippen LogP contribution in [0.25, 0.3) is 17.1 Å². The minimum Gasteiger partial charge on any atom is -0.207 e. The van der Waals surface area contributed by atoms with Crippen molar-refractivity contribution in [1.29, 1.82) is 0 Å². The Kier molecular flexibility index (Phi) is 3.31. The van der Waals surface area contributed by atoms with Crippen molar-refractivity contribution in [2.45, 2.75) is 19.8 Å². The smallest absolute Gasteiger partial charge is 0.207 e. The Hall–Kier alpha value is -2.08. The van der Waals surface area contributed by atoms with Crippen molar-refractivity contribution < 1.29 is 4.39 Å². The zero-order valence-electron chi connectivity index (χ0n) is 11.1. The highest BCUT2D eigenvalue weighted by molar-refractivity contribution is 7.17. The number of halogens is 1. The molecule has 0 aliphatic rings. The van der Waals surface area contributed by atoms with Crippen LogP contribution in [0.3, 0.4) is 0 Å². The maximum atomic E-state index is 12.8. The van der Waals surface area contributed by atoms with Gasteiger partial charge in [-0.15, -0.1) is 10.2 Å². The number of benzene rings is 1. The zero-order valence-corrected chi connectivity index (χ0v) is 11.9. The molecule has 20 heavy (non-hydrogen) atoms. The van der Waals surface area contributed by atoms with Gasteiger partial charge in [0.05, 0.1) is 0 Å². The van der Waals surface area contributed by atoms with Crippen molar-refractivity contribution in [2.24, 2.45) is 0 Å². The summed E-state index contributed by atoms with van der Waals surface area (Å²) in [5.74, 6) is 0.904. The molecule has 0 atom stereocenters. The van der Waals surface area contributed by atoms with Crippen LogP contribution in [-0.4, -0.2) is 19.8 Å². The summed E-state index contributed by atoms with van der Waals surface area (Å²) in [5.41, 5.74) is 0.932. The fraction of sp³-hybridized carbons (Fsp3) is 0.214. The molecule has 1 aromatic carbocycles. The normalized spacial score (nSPS) is 12.0. The molecule has 3 rings (SSSR count). The molecule has 2 heterocycles. The van der Waals surface area contributed by atoms with E-state index in [2.05, 4.69) is 29.1 Å². The lowest BCUT2D eigenvalue weighted by Crippen LogP contribution is -1.97. The van der Waals surface area contributed by atoms with Crippen LogP contribution in [0.1, 0.15) is 36.2 Å². The van der Waals surface area contributed by atoms with E-state index in [-0.39, 0.29) is 11.7 Å². The minimum atomic E-state index is -0.234. The first kappa shape index (κ1) is 12.9. The molecule has 2 aromatic heterocycles. The second kappa shape index (κ2) is 5.13. The Balaban J connectivity index is 1.89. The molecule has 0 amide bonds. The number of aromatic nitrogens is 4. The lowest BCUT2D eigenvalue weighted by Gasteiger charge is -1.97. The molecule has 102 valence electrons. The average molecular weight is 288 g/mol. The van der Waals surface area contributed by atoms with Gasteiger partial charge in [0.1, 0.15) is 10.8 Å². The molecular formula is C14H13FN4S. The monoisotopic (exact) mass is 288 g/mol. The highest BCUT2D eigenvalue weighted by atomic mass is 32.1. The third kappa shape index (κ3) is 2.46. The maximum Gasteiger partial charge on any atom is 0.234 e. The van der Waals surface area contributed by atoms with Crippen LogP contribution in [0.4, 0.5) is 4.39 Å². The maximum absolute atomic E-state index is 12.8. The van der Waals surface area contributed by atoms with Crippen molar-refractivity contribution in [1.82, 2.24) is 19.8 Å². The number of hydrogen-bond acceptors (Lipinski definition) is 4. The van der Waals surface area contributed by atoms with Gasteiger partial charge in [0.2, 0.25) is 4.96 Å². The number of rotatable bonds is 3. The first-order valence-electron chi connectivity index (χ1n) is 6.29. The van der Waals surface area contributed by atoms with Crippen LogP contribution < -0.4 is 0 Å². The summed E-state index contributed by atoms with van der Waals surface area (Å²) in [6.07, 6.45) is 3.80. The fourth-order valence-corrected chi connectivity index (χ4v) is 2.56. The van der Waals surface area contributed by atoms with Gasteiger partial charge in [0, 0.05) is 5.92 Å². The summed E-state index contributed by atoms with van der Waals surface area (Å²) < 4.78 is 14.6. The fourth-order valence-electron chi connectivity index (χ4n) is 1.82. The molecule has 0 saturated carbocycles. The molecular weight excluding hydrogens is 275 g/mol. The van der Waals surface area contributed by atoms with E-state index in [9.17, 15) is 4.39 Å². The third-order valence-corrected chi connectivity index (χ3v) is 3.70. The van der Waals surface area contributed by atoms with E-state index in [0.29, 0.717) is 0 Å². The summed E-state index contributed by atoms with van der Waals surface area (Å²) in [6.45, 7) is 4.12. The molecule has 0 N–H and O–H groups in total. The van der Waals surface area contributed by atoms with E-state index >= 15 is 0 Å². The van der Waals surface area contributed by atoms with Crippen LogP contribution in [0.15, 0.2) is 24.3 Å². The Bertz CT molecular complexity index is 755. The third-order valence-electron chi connectivity index (χ3n) is 2.84. The summed E-state index contributed by atoms with van der Waals surface area (Å²) in [5, 5.41) is 13.6. The lowest BCUT2D eigenvalue weighted by molar-refractivity contribution is 0.628. The lowest BCUT2D eigenvalue weighted by atomic mass is 10.2. The molecule has 0 fully saturated rings. The number of hydrogen-bond donors (Lipinski definition) is 0. The van der Waals surface area contributed by atoms with Gasteiger partial charge in [-0.3, -0.25) is 0 Å². The van der Waals surface area contributed by atoms with E-state index in [0.717, 1.165) is 21.4 Å². The van der Waals surface area contributed by atoms with Gasteiger partial charge in [0.15, 0.2) is 5.82 Å². The Morgan fingerprint density at radius 2 is 1.90 bits per heavy atom. The van der Waals surface area contributed by atoms with Crippen molar-refractivity contribution >= 4 is 28.4 Å². The molecule has 0 radical (unpaired) electrons. The van der Waals surface area contributed by atoms with Gasteiger partial charge in [-0.05, 0) is 23.8 Å². The molecule has 0 spiro atoms. The number of nitrogens with zero attached hydrogens (tertiary/aromatic N) is 4. The second-order valence-electron chi connectivity index (χ2n) is 4.73. The highest BCUT2D eigenvalue weighted by Crippen LogP contribution is 2.20. The summed E-state index contributed by atoms with van der Waals surface area (Å²) >= 11 is 1.48. The predicted octanol–water partition coefficient (Wildman–Crippen LogP) is 3.62. The topological polar surface area (TPSA) is 43.1 Å². The second-order valence-corrected chi connectivity index (χ2v) is 5.72. The van der Waals surface area contributed by atoms with Crippen molar-refractivity contribution in [3.63, 3.8) is 0 Å². The van der Waals surface area contributed by atoms with Crippen LogP contribution in [-0.2, 0) is 0 Å². The molecule has 0 bridgehead atoms. The van der Waals surface area contributed by atoms with Crippen molar-refractivity contribution in [3.05, 3.63) is 46.5 Å². The zero-order chi connectivity index (χ0) is 14.1. The average Bonchev–Trinajstić information content (AvgIpc) is 2.97. The van der Waals surface area contributed by atoms with E-state index < -0.39 is 0 Å². The SMILES string of the molecule is CC(C)c1nnc2sc(/C=C/c3ccc(F)cc3)nn12. The van der Waals surface area contributed by atoms with Gasteiger partial charge in [0.25, 0.3) is 0 Å². The van der Waals surface area contributed by atoms with Crippen LogP contribution in [0.5, 0.6) is 0 Å². The molecule has 4 nitrogen and oxygen atoms in total. The largest absolute Gasteiger partial charge is 0.234 e. The van der Waals surface area contributed by atoms with Gasteiger partial charge in [-0.25, -0.2) is 4.39 Å². The minimum absolute atomic E-state index is 0.234. The first-order valence-corrected chi connectivity index (χ1v) is 7.11. The van der Waals surface area contributed by atoms with Crippen molar-refractivity contribution in [3.8, 4) is 0 Å². The van der Waals surface area contributed by atoms with Crippen molar-refractivity contribution in [2.75, 3.05) is 0 Å². The molecule has 0 aliphatic carbocycles. The van der Waals surface area contributed by atoms with E-state index in [1.165, 1.54) is 23.5 Å². The van der Waals surface area contributed by atoms with Gasteiger partial charge in [-0.2, -0.15) is 9.61 Å². The van der Waals surface area contributed by atoms with Gasteiger partial charge < -0.3 is 0 Å². The molecule has 0 unspecified atom stereocenters. The first-order chi connectivity index (χ1) is 9.63. The quantitative estimate of drug-likeness (QED) is 0.739.